The van der Waals surface area contributed by atoms with Crippen LogP contribution in [0.1, 0.15) is 19.3 Å². The molecule has 0 heterocycles. The summed E-state index contributed by atoms with van der Waals surface area (Å²) in [5.74, 6) is -10.9. The molecule has 0 aliphatic rings. The van der Waals surface area contributed by atoms with Crippen molar-refractivity contribution in [3.05, 3.63) is 0 Å². The molecule has 154 valence electrons. The van der Waals surface area contributed by atoms with Crippen LogP contribution in [0.2, 0.25) is 0 Å². The summed E-state index contributed by atoms with van der Waals surface area (Å²) in [6.45, 7) is 0. The van der Waals surface area contributed by atoms with Crippen LogP contribution in [0.4, 0.5) is 0 Å². The van der Waals surface area contributed by atoms with E-state index in [0.717, 1.165) is 0 Å². The highest BCUT2D eigenvalue weighted by Gasteiger charge is 2.49. The molecule has 0 spiro atoms. The maximum absolute atomic E-state index is 10.4. The first-order valence-electron chi connectivity index (χ1n) is 6.47. The van der Waals surface area contributed by atoms with Crippen molar-refractivity contribution in [2.24, 2.45) is 0 Å². The summed E-state index contributed by atoms with van der Waals surface area (Å²) in [6.07, 6.45) is -6.39. The second-order valence-electron chi connectivity index (χ2n) is 5.02. The van der Waals surface area contributed by atoms with Crippen molar-refractivity contribution in [3.63, 3.8) is 0 Å². The smallest absolute Gasteiger partial charge is 0.339 e. The summed E-state index contributed by atoms with van der Waals surface area (Å²) in [5.41, 5.74) is -5.96. The average Bonchev–Trinajstić information content (AvgIpc) is 2.43. The van der Waals surface area contributed by atoms with Gasteiger partial charge >= 0.3 is 35.8 Å². The van der Waals surface area contributed by atoms with Crippen molar-refractivity contribution in [2.75, 3.05) is 0 Å². The Morgan fingerprint density at radius 1 is 0.630 bits per heavy atom. The first-order chi connectivity index (χ1) is 12.0. The van der Waals surface area contributed by atoms with E-state index in [2.05, 4.69) is 0 Å². The summed E-state index contributed by atoms with van der Waals surface area (Å²) in [5, 5.41) is 76.4. The number of aliphatic hydroxyl groups excluding tert-OH is 1. The van der Waals surface area contributed by atoms with Crippen molar-refractivity contribution in [1.82, 2.24) is 0 Å². The van der Waals surface area contributed by atoms with Crippen LogP contribution in [0.3, 0.4) is 0 Å². The van der Waals surface area contributed by atoms with Gasteiger partial charge in [-0.05, 0) is 0 Å². The molecule has 0 rings (SSSR count). The lowest BCUT2D eigenvalue weighted by Crippen LogP contribution is -2.54. The molecule has 0 aromatic rings. The predicted octanol–water partition coefficient (Wildman–Crippen LogP) is -3.53. The second-order valence-corrected chi connectivity index (χ2v) is 5.02. The number of carboxylic acid groups (broad SMARTS) is 6. The summed E-state index contributed by atoms with van der Waals surface area (Å²) in [4.78, 5) is 61.1. The Labute approximate surface area is 148 Å². The monoisotopic (exact) mass is 400 g/mol. The van der Waals surface area contributed by atoms with Gasteiger partial charge in [-0.15, -0.1) is 0 Å². The van der Waals surface area contributed by atoms with E-state index in [1.165, 1.54) is 0 Å². The number of carboxylic acids is 6. The SMILES string of the molecule is O=C(O)CC(O)(C(=O)O)C(O)C(=O)O.O=C(O)CC(O)(CC(=O)O)C(=O)O. The van der Waals surface area contributed by atoms with Crippen molar-refractivity contribution in [1.29, 1.82) is 0 Å². The largest absolute Gasteiger partial charge is 0.481 e. The normalized spacial score (nSPS) is 13.9. The molecule has 0 aliphatic carbocycles. The highest BCUT2D eigenvalue weighted by molar-refractivity contribution is 5.90. The van der Waals surface area contributed by atoms with E-state index in [0.29, 0.717) is 0 Å². The number of rotatable bonds is 10. The summed E-state index contributed by atoms with van der Waals surface area (Å²) in [6, 6.07) is 0. The maximum Gasteiger partial charge on any atom is 0.339 e. The number of hydrogen-bond acceptors (Lipinski definition) is 9. The highest BCUT2D eigenvalue weighted by atomic mass is 16.4. The number of aliphatic hydroxyl groups is 3. The van der Waals surface area contributed by atoms with Crippen LogP contribution in [0.15, 0.2) is 0 Å². The van der Waals surface area contributed by atoms with Crippen LogP contribution in [0, 0.1) is 0 Å². The standard InChI is InChI=1S/C6H8O8.C6H8O7/c7-2(8)1-6(14,5(12)13)3(9)4(10)11;7-3(8)1-6(13,5(11)12)2-4(9)10/h3,9,14H,1H2,(H,7,8)(H,10,11)(H,12,13);13H,1-2H2,(H,7,8)(H,9,10)(H,11,12). The van der Waals surface area contributed by atoms with Crippen LogP contribution < -0.4 is 0 Å². The lowest BCUT2D eigenvalue weighted by atomic mass is 9.93. The quantitative estimate of drug-likeness (QED) is 0.172. The summed E-state index contributed by atoms with van der Waals surface area (Å²) >= 11 is 0. The molecule has 15 nitrogen and oxygen atoms in total. The van der Waals surface area contributed by atoms with E-state index < -0.39 is 72.4 Å². The molecule has 0 amide bonds. The number of aliphatic carboxylic acids is 6. The predicted molar refractivity (Wildman–Crippen MR) is 75.6 cm³/mol. The molecule has 0 aromatic carbocycles. The van der Waals surface area contributed by atoms with Crippen LogP contribution in [0.5, 0.6) is 0 Å². The van der Waals surface area contributed by atoms with Gasteiger partial charge in [-0.3, -0.25) is 14.4 Å². The molecule has 0 saturated heterocycles. The summed E-state index contributed by atoms with van der Waals surface area (Å²) < 4.78 is 0. The Balaban J connectivity index is 0. The van der Waals surface area contributed by atoms with Crippen molar-refractivity contribution >= 4 is 35.8 Å². The van der Waals surface area contributed by atoms with Gasteiger partial charge in [0.15, 0.2) is 11.7 Å². The molecule has 0 fully saturated rings. The maximum atomic E-state index is 10.4. The number of hydrogen-bond donors (Lipinski definition) is 9. The van der Waals surface area contributed by atoms with Crippen LogP contribution >= 0.6 is 0 Å². The average molecular weight is 400 g/mol. The van der Waals surface area contributed by atoms with Crippen molar-refractivity contribution in [2.45, 2.75) is 36.6 Å². The highest BCUT2D eigenvalue weighted by Crippen LogP contribution is 2.17. The van der Waals surface area contributed by atoms with Crippen molar-refractivity contribution in [3.8, 4) is 0 Å². The molecule has 0 aromatic heterocycles. The van der Waals surface area contributed by atoms with Gasteiger partial charge in [-0.2, -0.15) is 0 Å². The molecule has 0 radical (unpaired) electrons. The first-order valence-corrected chi connectivity index (χ1v) is 6.47. The minimum absolute atomic E-state index is 1.14. The Hall–Kier alpha value is -3.30. The molecular formula is C12H16O15. The fraction of sp³-hybridized carbons (Fsp3) is 0.500. The first kappa shape index (κ1) is 25.9. The van der Waals surface area contributed by atoms with Gasteiger partial charge < -0.3 is 46.0 Å². The molecular weight excluding hydrogens is 384 g/mol. The molecule has 15 heteroatoms. The van der Waals surface area contributed by atoms with Gasteiger partial charge in [0.1, 0.15) is 0 Å². The molecule has 9 N–H and O–H groups in total. The zero-order valence-corrected chi connectivity index (χ0v) is 13.2. The van der Waals surface area contributed by atoms with E-state index in [9.17, 15) is 28.8 Å². The lowest BCUT2D eigenvalue weighted by Gasteiger charge is -2.23. The molecule has 0 aliphatic heterocycles. The topological polar surface area (TPSA) is 284 Å². The fourth-order valence-electron chi connectivity index (χ4n) is 1.44. The Morgan fingerprint density at radius 2 is 0.963 bits per heavy atom. The fourth-order valence-corrected chi connectivity index (χ4v) is 1.44. The molecule has 2 atom stereocenters. The molecule has 27 heavy (non-hydrogen) atoms. The van der Waals surface area contributed by atoms with Gasteiger partial charge in [0.25, 0.3) is 0 Å². The molecule has 0 saturated carbocycles. The Bertz CT molecular complexity index is 606. The third-order valence-corrected chi connectivity index (χ3v) is 2.76. The lowest BCUT2D eigenvalue weighted by molar-refractivity contribution is -0.187. The zero-order chi connectivity index (χ0) is 22.2. The van der Waals surface area contributed by atoms with E-state index in [-0.39, 0.29) is 0 Å². The molecule has 2 unspecified atom stereocenters. The van der Waals surface area contributed by atoms with Crippen LogP contribution in [-0.4, -0.2) is 99.1 Å². The third kappa shape index (κ3) is 8.56. The van der Waals surface area contributed by atoms with Gasteiger partial charge in [0, 0.05) is 0 Å². The van der Waals surface area contributed by atoms with E-state index in [1.54, 1.807) is 0 Å². The van der Waals surface area contributed by atoms with Crippen molar-refractivity contribution < 1.29 is 74.7 Å². The Morgan fingerprint density at radius 3 is 1.15 bits per heavy atom. The van der Waals surface area contributed by atoms with Crippen LogP contribution in [-0.2, 0) is 28.8 Å². The minimum Gasteiger partial charge on any atom is -0.481 e. The van der Waals surface area contributed by atoms with Gasteiger partial charge in [0.2, 0.25) is 5.60 Å². The second kappa shape index (κ2) is 10.00. The third-order valence-electron chi connectivity index (χ3n) is 2.76. The van der Waals surface area contributed by atoms with Gasteiger partial charge in [-0.1, -0.05) is 0 Å². The van der Waals surface area contributed by atoms with Gasteiger partial charge in [0.05, 0.1) is 19.3 Å². The van der Waals surface area contributed by atoms with E-state index in [1.807, 2.05) is 0 Å². The summed E-state index contributed by atoms with van der Waals surface area (Å²) in [7, 11) is 0. The molecule has 0 bridgehead atoms. The van der Waals surface area contributed by atoms with Crippen LogP contribution in [0.25, 0.3) is 0 Å². The van der Waals surface area contributed by atoms with Gasteiger partial charge in [-0.25, -0.2) is 14.4 Å². The Kier molecular flexibility index (Phi) is 9.60. The number of carbonyl (C=O) groups is 6. The van der Waals surface area contributed by atoms with E-state index >= 15 is 0 Å². The minimum atomic E-state index is -3.22. The van der Waals surface area contributed by atoms with E-state index in [4.69, 9.17) is 46.0 Å². The zero-order valence-electron chi connectivity index (χ0n) is 13.2.